The van der Waals surface area contributed by atoms with E-state index in [4.69, 9.17) is 8.94 Å². The first kappa shape index (κ1) is 14.6. The lowest BCUT2D eigenvalue weighted by molar-refractivity contribution is 0.102. The van der Waals surface area contributed by atoms with E-state index < -0.39 is 5.91 Å². The summed E-state index contributed by atoms with van der Waals surface area (Å²) in [5.41, 5.74) is 0.721. The molecule has 4 rings (SSSR count). The lowest BCUT2D eigenvalue weighted by atomic mass is 10.1. The predicted octanol–water partition coefficient (Wildman–Crippen LogP) is 2.44. The third-order valence-corrected chi connectivity index (χ3v) is 4.06. The molecule has 2 N–H and O–H groups in total. The molecule has 3 heterocycles. The van der Waals surface area contributed by atoms with Crippen molar-refractivity contribution in [1.29, 1.82) is 0 Å². The number of aromatic nitrogens is 4. The van der Waals surface area contributed by atoms with Crippen LogP contribution in [0, 0.1) is 13.8 Å². The van der Waals surface area contributed by atoms with E-state index in [1.807, 2.05) is 0 Å². The molecule has 1 aliphatic rings. The van der Waals surface area contributed by atoms with Gasteiger partial charge in [-0.3, -0.25) is 10.1 Å². The van der Waals surface area contributed by atoms with Gasteiger partial charge in [-0.1, -0.05) is 5.16 Å². The molecule has 1 fully saturated rings. The van der Waals surface area contributed by atoms with E-state index in [0.717, 1.165) is 12.8 Å². The number of hydrogen-bond acceptors (Lipinski definition) is 8. The Bertz CT molecular complexity index is 940. The normalized spacial score (nSPS) is 15.5. The van der Waals surface area contributed by atoms with Crippen molar-refractivity contribution in [3.8, 4) is 0 Å². The second-order valence-electron chi connectivity index (χ2n) is 6.22. The highest BCUT2D eigenvalue weighted by Crippen LogP contribution is 2.40. The summed E-state index contributed by atoms with van der Waals surface area (Å²) >= 11 is 0. The van der Waals surface area contributed by atoms with E-state index in [2.05, 4.69) is 37.7 Å². The maximum atomic E-state index is 12.7. The Hall–Kier alpha value is -2.97. The summed E-state index contributed by atoms with van der Waals surface area (Å²) in [6.45, 7) is 5.48. The Morgan fingerprint density at radius 1 is 1.29 bits per heavy atom. The smallest absolute Gasteiger partial charge is 0.328 e. The number of fused-ring (bicyclic) bond motifs is 1. The highest BCUT2D eigenvalue weighted by atomic mass is 16.5. The van der Waals surface area contributed by atoms with Gasteiger partial charge in [0.1, 0.15) is 17.9 Å². The molecule has 0 saturated heterocycles. The number of furan rings is 1. The molecule has 9 nitrogen and oxygen atoms in total. The quantitative estimate of drug-likeness (QED) is 0.749. The SMILES string of the molecule is Cc1noc(NC(=O)c2c(C)oc3ncnc(NC4(C)CC4)c23)n1. The van der Waals surface area contributed by atoms with Gasteiger partial charge in [0.2, 0.25) is 5.71 Å². The van der Waals surface area contributed by atoms with Crippen molar-refractivity contribution in [1.82, 2.24) is 20.1 Å². The molecule has 24 heavy (non-hydrogen) atoms. The van der Waals surface area contributed by atoms with Gasteiger partial charge in [-0.05, 0) is 33.6 Å². The number of rotatable bonds is 4. The van der Waals surface area contributed by atoms with Crippen LogP contribution in [0.5, 0.6) is 0 Å². The van der Waals surface area contributed by atoms with Gasteiger partial charge in [0.05, 0.1) is 10.9 Å². The number of carbonyl (C=O) groups excluding carboxylic acids is 1. The predicted molar refractivity (Wildman–Crippen MR) is 84.8 cm³/mol. The van der Waals surface area contributed by atoms with Gasteiger partial charge in [-0.15, -0.1) is 0 Å². The average molecular weight is 328 g/mol. The molecule has 9 heteroatoms. The van der Waals surface area contributed by atoms with Crippen LogP contribution in [0.3, 0.4) is 0 Å². The molecule has 1 saturated carbocycles. The summed E-state index contributed by atoms with van der Waals surface area (Å²) < 4.78 is 10.6. The number of carbonyl (C=O) groups is 1. The van der Waals surface area contributed by atoms with Crippen LogP contribution >= 0.6 is 0 Å². The van der Waals surface area contributed by atoms with Gasteiger partial charge < -0.3 is 14.3 Å². The van der Waals surface area contributed by atoms with Crippen LogP contribution in [-0.4, -0.2) is 31.6 Å². The molecular formula is C15H16N6O3. The number of nitrogens with one attached hydrogen (secondary N) is 2. The molecule has 3 aromatic rings. The van der Waals surface area contributed by atoms with Crippen molar-refractivity contribution >= 4 is 28.8 Å². The zero-order valence-electron chi connectivity index (χ0n) is 13.5. The van der Waals surface area contributed by atoms with Crippen LogP contribution in [0.4, 0.5) is 11.8 Å². The average Bonchev–Trinajstić information content (AvgIpc) is 2.94. The van der Waals surface area contributed by atoms with Crippen molar-refractivity contribution in [2.75, 3.05) is 10.6 Å². The van der Waals surface area contributed by atoms with Crippen molar-refractivity contribution in [2.45, 2.75) is 39.2 Å². The molecule has 1 aliphatic carbocycles. The first-order valence-corrected chi connectivity index (χ1v) is 7.59. The molecule has 0 atom stereocenters. The number of nitrogens with zero attached hydrogens (tertiary/aromatic N) is 4. The lowest BCUT2D eigenvalue weighted by Crippen LogP contribution is -2.18. The molecule has 1 amide bonds. The molecule has 0 spiro atoms. The number of anilines is 2. The largest absolute Gasteiger partial charge is 0.442 e. The molecule has 124 valence electrons. The minimum atomic E-state index is -0.409. The molecule has 0 aromatic carbocycles. The van der Waals surface area contributed by atoms with Crippen LogP contribution in [0.15, 0.2) is 15.3 Å². The molecule has 3 aromatic heterocycles. The Balaban J connectivity index is 1.76. The van der Waals surface area contributed by atoms with Gasteiger partial charge >= 0.3 is 6.01 Å². The third kappa shape index (κ3) is 2.47. The summed E-state index contributed by atoms with van der Waals surface area (Å²) in [5.74, 6) is 1.06. The second-order valence-corrected chi connectivity index (χ2v) is 6.22. The Labute approximate surface area is 136 Å². The Morgan fingerprint density at radius 3 is 2.75 bits per heavy atom. The first-order valence-electron chi connectivity index (χ1n) is 7.59. The van der Waals surface area contributed by atoms with E-state index >= 15 is 0 Å². The van der Waals surface area contributed by atoms with E-state index in [-0.39, 0.29) is 11.6 Å². The van der Waals surface area contributed by atoms with Crippen molar-refractivity contribution in [3.05, 3.63) is 23.5 Å². The molecule has 0 bridgehead atoms. The van der Waals surface area contributed by atoms with Crippen LogP contribution < -0.4 is 10.6 Å². The standard InChI is InChI=1S/C15H16N6O3/c1-7-9(12(22)19-14-18-8(2)21-24-14)10-11(20-15(3)4-5-15)16-6-17-13(10)23-7/h6H,4-5H2,1-3H3,(H,16,17,20)(H,18,19,21,22). The van der Waals surface area contributed by atoms with Crippen molar-refractivity contribution in [2.24, 2.45) is 0 Å². The fraction of sp³-hybridized carbons (Fsp3) is 0.400. The topological polar surface area (TPSA) is 119 Å². The number of aryl methyl sites for hydroxylation is 2. The number of hydrogen-bond donors (Lipinski definition) is 2. The van der Waals surface area contributed by atoms with E-state index in [1.54, 1.807) is 13.8 Å². The maximum absolute atomic E-state index is 12.7. The maximum Gasteiger partial charge on any atom is 0.328 e. The van der Waals surface area contributed by atoms with Crippen LogP contribution in [0.2, 0.25) is 0 Å². The van der Waals surface area contributed by atoms with Crippen molar-refractivity contribution < 1.29 is 13.7 Å². The fourth-order valence-electron chi connectivity index (χ4n) is 2.52. The van der Waals surface area contributed by atoms with E-state index in [9.17, 15) is 4.79 Å². The minimum Gasteiger partial charge on any atom is -0.442 e. The molecular weight excluding hydrogens is 312 g/mol. The second kappa shape index (κ2) is 5.02. The Morgan fingerprint density at radius 2 is 2.08 bits per heavy atom. The summed E-state index contributed by atoms with van der Waals surface area (Å²) in [5, 5.41) is 10.2. The highest BCUT2D eigenvalue weighted by Gasteiger charge is 2.38. The van der Waals surface area contributed by atoms with E-state index in [0.29, 0.717) is 34.1 Å². The summed E-state index contributed by atoms with van der Waals surface area (Å²) in [4.78, 5) is 25.0. The molecule has 0 aliphatic heterocycles. The Kier molecular flexibility index (Phi) is 3.05. The molecule has 0 unspecified atom stereocenters. The van der Waals surface area contributed by atoms with Gasteiger partial charge in [0, 0.05) is 5.54 Å². The fourth-order valence-corrected chi connectivity index (χ4v) is 2.52. The van der Waals surface area contributed by atoms with Crippen LogP contribution in [0.1, 0.15) is 41.7 Å². The zero-order chi connectivity index (χ0) is 16.9. The van der Waals surface area contributed by atoms with E-state index in [1.165, 1.54) is 6.33 Å². The monoisotopic (exact) mass is 328 g/mol. The lowest BCUT2D eigenvalue weighted by Gasteiger charge is -2.12. The summed E-state index contributed by atoms with van der Waals surface area (Å²) in [6, 6.07) is 0.0340. The first-order chi connectivity index (χ1) is 11.5. The number of amides is 1. The van der Waals surface area contributed by atoms with Gasteiger partial charge in [0.15, 0.2) is 5.82 Å². The summed E-state index contributed by atoms with van der Waals surface area (Å²) in [7, 11) is 0. The van der Waals surface area contributed by atoms with Gasteiger partial charge in [0.25, 0.3) is 5.91 Å². The van der Waals surface area contributed by atoms with Gasteiger partial charge in [-0.2, -0.15) is 4.98 Å². The third-order valence-electron chi connectivity index (χ3n) is 4.06. The summed E-state index contributed by atoms with van der Waals surface area (Å²) in [6.07, 6.45) is 3.53. The van der Waals surface area contributed by atoms with Gasteiger partial charge in [-0.25, -0.2) is 9.97 Å². The van der Waals surface area contributed by atoms with Crippen molar-refractivity contribution in [3.63, 3.8) is 0 Å². The molecule has 0 radical (unpaired) electrons. The van der Waals surface area contributed by atoms with Crippen LogP contribution in [0.25, 0.3) is 11.1 Å². The minimum absolute atomic E-state index is 0.00377. The van der Waals surface area contributed by atoms with Crippen LogP contribution in [-0.2, 0) is 0 Å². The zero-order valence-corrected chi connectivity index (χ0v) is 13.5. The highest BCUT2D eigenvalue weighted by molar-refractivity contribution is 6.14.